The molecule has 0 aliphatic heterocycles. The monoisotopic (exact) mass is 476 g/mol. The summed E-state index contributed by atoms with van der Waals surface area (Å²) in [5.74, 6) is -0.210. The number of ether oxygens (including phenoxy) is 1. The van der Waals surface area contributed by atoms with Crippen molar-refractivity contribution in [2.24, 2.45) is 5.10 Å². The number of hydrogen-bond donors (Lipinski definition) is 1. The molecule has 0 fully saturated rings. The molecule has 3 aromatic carbocycles. The van der Waals surface area contributed by atoms with Gasteiger partial charge < -0.3 is 4.74 Å². The summed E-state index contributed by atoms with van der Waals surface area (Å²) in [6.45, 7) is 2.43. The van der Waals surface area contributed by atoms with Gasteiger partial charge in [0, 0.05) is 5.56 Å². The highest BCUT2D eigenvalue weighted by Gasteiger charge is 2.15. The summed E-state index contributed by atoms with van der Waals surface area (Å²) in [4.78, 5) is 30.2. The highest BCUT2D eigenvalue weighted by atomic mass is 32.2. The Balaban J connectivity index is 1.57. The zero-order valence-corrected chi connectivity index (χ0v) is 19.1. The molecule has 0 bridgehead atoms. The predicted octanol–water partition coefficient (Wildman–Crippen LogP) is 4.17. The Morgan fingerprint density at radius 3 is 2.62 bits per heavy atom. The number of halogens is 1. The van der Waals surface area contributed by atoms with E-state index in [2.05, 4.69) is 15.5 Å². The van der Waals surface area contributed by atoms with Crippen LogP contribution in [0.2, 0.25) is 0 Å². The molecule has 1 aromatic heterocycles. The lowest BCUT2D eigenvalue weighted by Gasteiger charge is -2.13. The van der Waals surface area contributed by atoms with E-state index in [0.29, 0.717) is 34.1 Å². The summed E-state index contributed by atoms with van der Waals surface area (Å²) in [5, 5.41) is 4.64. The molecule has 0 unspecified atom stereocenters. The number of amides is 1. The van der Waals surface area contributed by atoms with Gasteiger partial charge in [-0.15, -0.1) is 0 Å². The third kappa shape index (κ3) is 5.32. The number of fused-ring (bicyclic) bond motifs is 1. The van der Waals surface area contributed by atoms with Crippen LogP contribution < -0.4 is 15.7 Å². The van der Waals surface area contributed by atoms with E-state index in [1.54, 1.807) is 66.7 Å². The molecule has 9 heteroatoms. The Labute approximate surface area is 199 Å². The van der Waals surface area contributed by atoms with Crippen molar-refractivity contribution in [1.82, 2.24) is 15.0 Å². The van der Waals surface area contributed by atoms with Gasteiger partial charge in [0.15, 0.2) is 5.16 Å². The number of aromatic nitrogens is 2. The highest BCUT2D eigenvalue weighted by molar-refractivity contribution is 7.99. The molecule has 0 radical (unpaired) electrons. The number of nitrogens with zero attached hydrogens (tertiary/aromatic N) is 3. The topological polar surface area (TPSA) is 85.6 Å². The van der Waals surface area contributed by atoms with Crippen molar-refractivity contribution in [1.29, 1.82) is 0 Å². The first-order valence-corrected chi connectivity index (χ1v) is 11.5. The Morgan fingerprint density at radius 1 is 1.12 bits per heavy atom. The van der Waals surface area contributed by atoms with E-state index in [0.717, 1.165) is 11.8 Å². The second-order valence-electron chi connectivity index (χ2n) is 7.08. The molecule has 1 heterocycles. The predicted molar refractivity (Wildman–Crippen MR) is 131 cm³/mol. The molecule has 4 rings (SSSR count). The van der Waals surface area contributed by atoms with Gasteiger partial charge in [-0.2, -0.15) is 5.10 Å². The van der Waals surface area contributed by atoms with E-state index in [1.807, 2.05) is 6.92 Å². The normalized spacial score (nSPS) is 11.1. The number of carbonyl (C=O) groups excluding carboxylic acids is 1. The van der Waals surface area contributed by atoms with Crippen molar-refractivity contribution in [2.75, 3.05) is 12.4 Å². The van der Waals surface area contributed by atoms with Crippen LogP contribution in [0.5, 0.6) is 5.75 Å². The van der Waals surface area contributed by atoms with Crippen molar-refractivity contribution in [3.8, 4) is 11.4 Å². The molecule has 172 valence electrons. The van der Waals surface area contributed by atoms with Crippen molar-refractivity contribution >= 4 is 34.8 Å². The first-order valence-electron chi connectivity index (χ1n) is 10.5. The Bertz CT molecular complexity index is 1400. The van der Waals surface area contributed by atoms with Gasteiger partial charge in [-0.05, 0) is 49.4 Å². The van der Waals surface area contributed by atoms with Gasteiger partial charge >= 0.3 is 0 Å². The van der Waals surface area contributed by atoms with E-state index in [-0.39, 0.29) is 16.9 Å². The molecule has 0 saturated heterocycles. The lowest BCUT2D eigenvalue weighted by atomic mass is 10.2. The van der Waals surface area contributed by atoms with Crippen molar-refractivity contribution in [3.05, 3.63) is 94.5 Å². The van der Waals surface area contributed by atoms with Crippen LogP contribution in [-0.2, 0) is 4.79 Å². The average molecular weight is 477 g/mol. The molecular formula is C25H21FN4O3S. The third-order valence-electron chi connectivity index (χ3n) is 4.78. The first kappa shape index (κ1) is 23.2. The van der Waals surface area contributed by atoms with Crippen LogP contribution in [0, 0.1) is 5.82 Å². The fourth-order valence-electron chi connectivity index (χ4n) is 3.21. The van der Waals surface area contributed by atoms with Crippen LogP contribution in [-0.4, -0.2) is 34.0 Å². The minimum atomic E-state index is -0.436. The molecule has 0 spiro atoms. The second kappa shape index (κ2) is 10.8. The molecule has 0 saturated carbocycles. The molecule has 7 nitrogen and oxygen atoms in total. The van der Waals surface area contributed by atoms with Gasteiger partial charge in [0.1, 0.15) is 11.6 Å². The molecule has 0 atom stereocenters. The quantitative estimate of drug-likeness (QED) is 0.179. The number of carbonyl (C=O) groups is 1. The molecular weight excluding hydrogens is 455 g/mol. The zero-order chi connectivity index (χ0) is 23.9. The smallest absolute Gasteiger partial charge is 0.266 e. The number of para-hydroxylation sites is 1. The molecule has 4 aromatic rings. The first-order chi connectivity index (χ1) is 16.6. The molecule has 0 aliphatic rings. The summed E-state index contributed by atoms with van der Waals surface area (Å²) in [6, 6.07) is 20.2. The maximum absolute atomic E-state index is 13.7. The number of rotatable bonds is 8. The fourth-order valence-corrected chi connectivity index (χ4v) is 4.02. The van der Waals surface area contributed by atoms with Gasteiger partial charge in [-0.1, -0.05) is 42.1 Å². The minimum absolute atomic E-state index is 0.0452. The van der Waals surface area contributed by atoms with Crippen LogP contribution in [0.15, 0.2) is 87.8 Å². The number of hydrogen-bond acceptors (Lipinski definition) is 6. The van der Waals surface area contributed by atoms with Crippen LogP contribution in [0.4, 0.5) is 4.39 Å². The van der Waals surface area contributed by atoms with Crippen molar-refractivity contribution < 1.29 is 13.9 Å². The molecule has 1 N–H and O–H groups in total. The zero-order valence-electron chi connectivity index (χ0n) is 18.3. The summed E-state index contributed by atoms with van der Waals surface area (Å²) in [7, 11) is 0. The van der Waals surface area contributed by atoms with E-state index >= 15 is 0 Å². The van der Waals surface area contributed by atoms with Gasteiger partial charge in [0.25, 0.3) is 11.5 Å². The molecule has 34 heavy (non-hydrogen) atoms. The number of nitrogens with one attached hydrogen (secondary N) is 1. The van der Waals surface area contributed by atoms with Gasteiger partial charge in [-0.25, -0.2) is 14.8 Å². The lowest BCUT2D eigenvalue weighted by Crippen LogP contribution is -2.24. The van der Waals surface area contributed by atoms with Gasteiger partial charge in [-0.3, -0.25) is 14.2 Å². The van der Waals surface area contributed by atoms with E-state index in [9.17, 15) is 14.0 Å². The molecule has 0 aliphatic carbocycles. The number of hydrazone groups is 1. The van der Waals surface area contributed by atoms with Gasteiger partial charge in [0.2, 0.25) is 0 Å². The minimum Gasteiger partial charge on any atom is -0.494 e. The maximum atomic E-state index is 13.7. The summed E-state index contributed by atoms with van der Waals surface area (Å²) < 4.78 is 20.6. The van der Waals surface area contributed by atoms with Crippen LogP contribution in [0.3, 0.4) is 0 Å². The highest BCUT2D eigenvalue weighted by Crippen LogP contribution is 2.23. The second-order valence-corrected chi connectivity index (χ2v) is 8.02. The summed E-state index contributed by atoms with van der Waals surface area (Å²) in [5.41, 5.74) is 3.53. The Morgan fingerprint density at radius 2 is 1.85 bits per heavy atom. The largest absolute Gasteiger partial charge is 0.494 e. The summed E-state index contributed by atoms with van der Waals surface area (Å²) >= 11 is 1.10. The number of benzene rings is 3. The van der Waals surface area contributed by atoms with Crippen LogP contribution >= 0.6 is 11.8 Å². The average Bonchev–Trinajstić information content (AvgIpc) is 2.85. The van der Waals surface area contributed by atoms with Crippen LogP contribution in [0.25, 0.3) is 16.6 Å². The van der Waals surface area contributed by atoms with Crippen LogP contribution in [0.1, 0.15) is 12.5 Å². The Kier molecular flexibility index (Phi) is 7.34. The van der Waals surface area contributed by atoms with E-state index in [4.69, 9.17) is 4.74 Å². The lowest BCUT2D eigenvalue weighted by molar-refractivity contribution is -0.118. The standard InChI is InChI=1S/C25H21FN4O3S/c1-2-33-19-13-11-18(12-14-19)30-24(32)20-8-4-6-10-22(20)28-25(30)34-16-23(31)29-27-15-17-7-3-5-9-21(17)26/h3-15H,2,16H2,1H3,(H,29,31). The fraction of sp³-hybridized carbons (Fsp3) is 0.120. The van der Waals surface area contributed by atoms with E-state index in [1.165, 1.54) is 16.8 Å². The van der Waals surface area contributed by atoms with Crippen molar-refractivity contribution in [2.45, 2.75) is 12.1 Å². The number of thioether (sulfide) groups is 1. The SMILES string of the molecule is CCOc1ccc(-n2c(SCC(=O)NN=Cc3ccccc3F)nc3ccccc3c2=O)cc1. The van der Waals surface area contributed by atoms with Gasteiger partial charge in [0.05, 0.1) is 35.2 Å². The molecule has 1 amide bonds. The third-order valence-corrected chi connectivity index (χ3v) is 5.72. The maximum Gasteiger partial charge on any atom is 0.266 e. The van der Waals surface area contributed by atoms with Crippen molar-refractivity contribution in [3.63, 3.8) is 0 Å². The Hall–Kier alpha value is -3.98. The summed E-state index contributed by atoms with van der Waals surface area (Å²) in [6.07, 6.45) is 1.24. The van der Waals surface area contributed by atoms with E-state index < -0.39 is 11.7 Å².